The van der Waals surface area contributed by atoms with Crippen LogP contribution in [0.5, 0.6) is 0 Å². The minimum absolute atomic E-state index is 0.123. The first-order valence-corrected chi connectivity index (χ1v) is 7.85. The summed E-state index contributed by atoms with van der Waals surface area (Å²) in [6.07, 6.45) is 4.41. The number of hydrogen-bond acceptors (Lipinski definition) is 3. The van der Waals surface area contributed by atoms with Crippen LogP contribution in [0.2, 0.25) is 0 Å². The van der Waals surface area contributed by atoms with Crippen LogP contribution in [0.15, 0.2) is 6.07 Å². The van der Waals surface area contributed by atoms with E-state index in [1.165, 1.54) is 24.0 Å². The second-order valence-corrected chi connectivity index (χ2v) is 6.32. The van der Waals surface area contributed by atoms with Gasteiger partial charge in [0.2, 0.25) is 0 Å². The van der Waals surface area contributed by atoms with Crippen LogP contribution in [0, 0.1) is 26.7 Å². The van der Waals surface area contributed by atoms with Crippen molar-refractivity contribution in [1.29, 1.82) is 0 Å². The summed E-state index contributed by atoms with van der Waals surface area (Å²) in [6.45, 7) is 9.38. The Kier molecular flexibility index (Phi) is 5.17. The van der Waals surface area contributed by atoms with Crippen LogP contribution in [0.1, 0.15) is 61.2 Å². The van der Waals surface area contributed by atoms with Crippen molar-refractivity contribution >= 4 is 0 Å². The van der Waals surface area contributed by atoms with Gasteiger partial charge in [0.25, 0.3) is 0 Å². The van der Waals surface area contributed by atoms with Crippen LogP contribution in [-0.2, 0) is 0 Å². The number of aliphatic hydroxyl groups is 1. The highest BCUT2D eigenvalue weighted by Gasteiger charge is 2.23. The molecule has 1 aliphatic carbocycles. The van der Waals surface area contributed by atoms with E-state index in [9.17, 15) is 5.11 Å². The van der Waals surface area contributed by atoms with Crippen molar-refractivity contribution in [3.8, 4) is 0 Å². The van der Waals surface area contributed by atoms with Gasteiger partial charge < -0.3 is 10.4 Å². The van der Waals surface area contributed by atoms with Crippen molar-refractivity contribution in [2.45, 2.75) is 65.5 Å². The molecule has 1 saturated carbocycles. The average molecular weight is 276 g/mol. The fourth-order valence-corrected chi connectivity index (χ4v) is 3.54. The number of nitrogens with zero attached hydrogens (tertiary/aromatic N) is 1. The number of hydrogen-bond donors (Lipinski definition) is 2. The molecule has 1 aromatic heterocycles. The zero-order chi connectivity index (χ0) is 14.7. The zero-order valence-electron chi connectivity index (χ0n) is 13.2. The Morgan fingerprint density at radius 1 is 1.30 bits per heavy atom. The number of aryl methyl sites for hydroxylation is 3. The number of nitrogens with one attached hydrogen (secondary N) is 1. The number of rotatable bonds is 4. The van der Waals surface area contributed by atoms with Crippen LogP contribution in [0.4, 0.5) is 0 Å². The molecule has 0 radical (unpaired) electrons. The van der Waals surface area contributed by atoms with Crippen LogP contribution >= 0.6 is 0 Å². The lowest BCUT2D eigenvalue weighted by atomic mass is 9.86. The highest BCUT2D eigenvalue weighted by atomic mass is 16.3. The lowest BCUT2D eigenvalue weighted by molar-refractivity contribution is 0.0684. The van der Waals surface area contributed by atoms with E-state index in [2.05, 4.69) is 37.1 Å². The minimum atomic E-state index is -0.123. The first kappa shape index (κ1) is 15.5. The van der Waals surface area contributed by atoms with Gasteiger partial charge in [-0.25, -0.2) is 0 Å². The van der Waals surface area contributed by atoms with Crippen molar-refractivity contribution in [2.24, 2.45) is 5.92 Å². The SMILES string of the molecule is Cc1cc(C)c(C(C)NCC2CCCCC2O)c(C)n1. The average Bonchev–Trinajstić information content (AvgIpc) is 2.36. The van der Waals surface area contributed by atoms with E-state index in [-0.39, 0.29) is 12.1 Å². The van der Waals surface area contributed by atoms with Gasteiger partial charge in [-0.3, -0.25) is 4.98 Å². The summed E-state index contributed by atoms with van der Waals surface area (Å²) in [6, 6.07) is 2.44. The van der Waals surface area contributed by atoms with Crippen molar-refractivity contribution < 1.29 is 5.11 Å². The van der Waals surface area contributed by atoms with Gasteiger partial charge in [0.05, 0.1) is 6.10 Å². The summed E-state index contributed by atoms with van der Waals surface area (Å²) in [4.78, 5) is 4.58. The molecule has 1 heterocycles. The highest BCUT2D eigenvalue weighted by molar-refractivity contribution is 5.33. The normalized spacial score (nSPS) is 24.6. The first-order chi connectivity index (χ1) is 9.49. The Labute approximate surface area is 122 Å². The van der Waals surface area contributed by atoms with Gasteiger partial charge in [0.15, 0.2) is 0 Å². The van der Waals surface area contributed by atoms with Gasteiger partial charge in [0, 0.05) is 24.0 Å². The zero-order valence-corrected chi connectivity index (χ0v) is 13.2. The molecule has 3 atom stereocenters. The standard InChI is InChI=1S/C17H28N2O/c1-11-9-12(2)19-14(4)17(11)13(3)18-10-15-7-5-6-8-16(15)20/h9,13,15-16,18,20H,5-8,10H2,1-4H3. The van der Waals surface area contributed by atoms with E-state index in [1.54, 1.807) is 0 Å². The molecule has 112 valence electrons. The molecule has 0 spiro atoms. The molecule has 0 saturated heterocycles. The van der Waals surface area contributed by atoms with E-state index in [0.29, 0.717) is 5.92 Å². The molecule has 3 heteroatoms. The van der Waals surface area contributed by atoms with Crippen molar-refractivity contribution in [3.05, 3.63) is 28.6 Å². The molecular weight excluding hydrogens is 248 g/mol. The molecule has 0 aromatic carbocycles. The number of aliphatic hydroxyl groups excluding tert-OH is 1. The van der Waals surface area contributed by atoms with E-state index in [0.717, 1.165) is 30.8 Å². The van der Waals surface area contributed by atoms with Crippen LogP contribution in [-0.4, -0.2) is 22.7 Å². The summed E-state index contributed by atoms with van der Waals surface area (Å²) in [5, 5.41) is 13.6. The molecule has 2 N–H and O–H groups in total. The summed E-state index contributed by atoms with van der Waals surface area (Å²) < 4.78 is 0. The molecule has 3 nitrogen and oxygen atoms in total. The van der Waals surface area contributed by atoms with Crippen LogP contribution in [0.25, 0.3) is 0 Å². The number of aromatic nitrogens is 1. The molecule has 1 aliphatic rings. The molecular formula is C17H28N2O. The topological polar surface area (TPSA) is 45.1 Å². The van der Waals surface area contributed by atoms with E-state index >= 15 is 0 Å². The Hall–Kier alpha value is -0.930. The van der Waals surface area contributed by atoms with E-state index in [4.69, 9.17) is 0 Å². The molecule has 2 rings (SSSR count). The fourth-order valence-electron chi connectivity index (χ4n) is 3.54. The van der Waals surface area contributed by atoms with Crippen LogP contribution in [0.3, 0.4) is 0 Å². The quantitative estimate of drug-likeness (QED) is 0.887. The molecule has 3 unspecified atom stereocenters. The van der Waals surface area contributed by atoms with E-state index < -0.39 is 0 Å². The molecule has 0 aliphatic heterocycles. The molecule has 1 fully saturated rings. The molecule has 1 aromatic rings. The summed E-state index contributed by atoms with van der Waals surface area (Å²) in [5.74, 6) is 0.408. The monoisotopic (exact) mass is 276 g/mol. The Bertz CT molecular complexity index is 435. The van der Waals surface area contributed by atoms with Gasteiger partial charge in [-0.2, -0.15) is 0 Å². The van der Waals surface area contributed by atoms with Gasteiger partial charge in [-0.15, -0.1) is 0 Å². The predicted molar refractivity (Wildman–Crippen MR) is 82.8 cm³/mol. The minimum Gasteiger partial charge on any atom is -0.393 e. The van der Waals surface area contributed by atoms with Gasteiger partial charge in [0.1, 0.15) is 0 Å². The summed E-state index contributed by atoms with van der Waals surface area (Å²) in [7, 11) is 0. The Balaban J connectivity index is 1.99. The molecule has 0 bridgehead atoms. The summed E-state index contributed by atoms with van der Waals surface area (Å²) in [5.41, 5.74) is 4.81. The molecule has 0 amide bonds. The second kappa shape index (κ2) is 6.68. The van der Waals surface area contributed by atoms with Crippen molar-refractivity contribution in [3.63, 3.8) is 0 Å². The van der Waals surface area contributed by atoms with E-state index in [1.807, 2.05) is 6.92 Å². The van der Waals surface area contributed by atoms with Gasteiger partial charge in [-0.1, -0.05) is 12.8 Å². The predicted octanol–water partition coefficient (Wildman–Crippen LogP) is 3.21. The lowest BCUT2D eigenvalue weighted by Gasteiger charge is -2.29. The Morgan fingerprint density at radius 2 is 2.00 bits per heavy atom. The van der Waals surface area contributed by atoms with Gasteiger partial charge in [-0.05, 0) is 63.6 Å². The third kappa shape index (κ3) is 3.58. The molecule has 20 heavy (non-hydrogen) atoms. The largest absolute Gasteiger partial charge is 0.393 e. The van der Waals surface area contributed by atoms with Crippen molar-refractivity contribution in [2.75, 3.05) is 6.54 Å². The highest BCUT2D eigenvalue weighted by Crippen LogP contribution is 2.26. The third-order valence-electron chi connectivity index (χ3n) is 4.57. The summed E-state index contributed by atoms with van der Waals surface area (Å²) >= 11 is 0. The maximum absolute atomic E-state index is 10.0. The lowest BCUT2D eigenvalue weighted by Crippen LogP contribution is -2.35. The maximum Gasteiger partial charge on any atom is 0.0580 e. The Morgan fingerprint density at radius 3 is 2.65 bits per heavy atom. The van der Waals surface area contributed by atoms with Gasteiger partial charge >= 0.3 is 0 Å². The number of pyridine rings is 1. The maximum atomic E-state index is 10.0. The fraction of sp³-hybridized carbons (Fsp3) is 0.706. The third-order valence-corrected chi connectivity index (χ3v) is 4.57. The smallest absolute Gasteiger partial charge is 0.0580 e. The second-order valence-electron chi connectivity index (χ2n) is 6.32. The van der Waals surface area contributed by atoms with Crippen LogP contribution < -0.4 is 5.32 Å². The van der Waals surface area contributed by atoms with Crippen molar-refractivity contribution in [1.82, 2.24) is 10.3 Å². The first-order valence-electron chi connectivity index (χ1n) is 7.85.